The molecule has 1 amide bonds. The van der Waals surface area contributed by atoms with E-state index in [2.05, 4.69) is 50.2 Å². The second-order valence-corrected chi connectivity index (χ2v) is 8.28. The highest BCUT2D eigenvalue weighted by Gasteiger charge is 2.28. The third-order valence-corrected chi connectivity index (χ3v) is 5.72. The van der Waals surface area contributed by atoms with Crippen molar-refractivity contribution in [3.8, 4) is 6.07 Å². The molecule has 2 aromatic rings. The van der Waals surface area contributed by atoms with Crippen LogP contribution < -0.4 is 10.2 Å². The molecule has 0 spiro atoms. The Kier molecular flexibility index (Phi) is 5.55. The van der Waals surface area contributed by atoms with Gasteiger partial charge >= 0.3 is 0 Å². The van der Waals surface area contributed by atoms with Gasteiger partial charge in [-0.25, -0.2) is 0 Å². The zero-order valence-corrected chi connectivity index (χ0v) is 18.1. The number of benzene rings is 2. The maximum Gasteiger partial charge on any atom is 0.266 e. The van der Waals surface area contributed by atoms with Crippen LogP contribution in [0, 0.1) is 18.3 Å². The summed E-state index contributed by atoms with van der Waals surface area (Å²) in [5, 5.41) is 12.7. The number of carbonyl (C=O) groups is 1. The molecule has 4 nitrogen and oxygen atoms in total. The Labute approximate surface area is 177 Å². The van der Waals surface area contributed by atoms with Gasteiger partial charge in [-0.3, -0.25) is 4.79 Å². The molecule has 148 valence electrons. The minimum Gasteiger partial charge on any atom is -0.365 e. The first-order valence-corrected chi connectivity index (χ1v) is 9.78. The number of fused-ring (bicyclic) bond motifs is 1. The van der Waals surface area contributed by atoms with E-state index in [1.165, 1.54) is 5.57 Å². The maximum atomic E-state index is 12.6. The number of nitriles is 1. The normalized spacial score (nSPS) is 15.3. The van der Waals surface area contributed by atoms with Gasteiger partial charge in [0.05, 0.1) is 16.2 Å². The van der Waals surface area contributed by atoms with Crippen LogP contribution in [0.4, 0.5) is 11.4 Å². The van der Waals surface area contributed by atoms with Crippen molar-refractivity contribution < 1.29 is 4.79 Å². The van der Waals surface area contributed by atoms with Gasteiger partial charge in [-0.15, -0.1) is 0 Å². The van der Waals surface area contributed by atoms with E-state index < -0.39 is 5.91 Å². The number of hydrogen-bond acceptors (Lipinski definition) is 3. The predicted octanol–water partition coefficient (Wildman–Crippen LogP) is 5.83. The van der Waals surface area contributed by atoms with Gasteiger partial charge in [-0.05, 0) is 74.7 Å². The van der Waals surface area contributed by atoms with Crippen LogP contribution in [0.15, 0.2) is 48.0 Å². The number of nitrogens with one attached hydrogen (secondary N) is 1. The van der Waals surface area contributed by atoms with Crippen molar-refractivity contribution in [2.45, 2.75) is 33.2 Å². The first-order valence-electron chi connectivity index (χ1n) is 9.40. The molecule has 2 aromatic carbocycles. The first-order chi connectivity index (χ1) is 13.6. The third kappa shape index (κ3) is 4.06. The van der Waals surface area contributed by atoms with E-state index in [1.54, 1.807) is 30.3 Å². The smallest absolute Gasteiger partial charge is 0.266 e. The van der Waals surface area contributed by atoms with Crippen molar-refractivity contribution in [3.05, 3.63) is 69.8 Å². The van der Waals surface area contributed by atoms with Crippen LogP contribution in [0.2, 0.25) is 5.02 Å². The Morgan fingerprint density at radius 3 is 2.59 bits per heavy atom. The number of anilines is 2. The molecule has 0 atom stereocenters. The van der Waals surface area contributed by atoms with Gasteiger partial charge < -0.3 is 10.2 Å². The number of carbonyl (C=O) groups excluding carboxylic acids is 1. The van der Waals surface area contributed by atoms with Gasteiger partial charge in [0.1, 0.15) is 11.6 Å². The Balaban J connectivity index is 1.99. The number of hydrogen-bond donors (Lipinski definition) is 1. The van der Waals surface area contributed by atoms with Crippen molar-refractivity contribution in [2.24, 2.45) is 0 Å². The summed E-state index contributed by atoms with van der Waals surface area (Å²) in [6, 6.07) is 13.1. The lowest BCUT2D eigenvalue weighted by Crippen LogP contribution is -2.42. The van der Waals surface area contributed by atoms with Crippen molar-refractivity contribution in [2.75, 3.05) is 17.3 Å². The van der Waals surface area contributed by atoms with E-state index in [1.807, 2.05) is 19.1 Å². The Morgan fingerprint density at radius 1 is 1.24 bits per heavy atom. The van der Waals surface area contributed by atoms with E-state index in [9.17, 15) is 10.1 Å². The molecule has 0 aromatic heterocycles. The SMILES string of the molecule is CC1=CC(C)(C)N(C)c2cc(C)c(/C=C(/C#N)C(=O)Nc3ccccc3Cl)cc21. The molecule has 0 bridgehead atoms. The van der Waals surface area contributed by atoms with E-state index in [0.29, 0.717) is 10.7 Å². The van der Waals surface area contributed by atoms with Crippen LogP contribution in [0.1, 0.15) is 37.5 Å². The topological polar surface area (TPSA) is 56.1 Å². The van der Waals surface area contributed by atoms with E-state index in [-0.39, 0.29) is 11.1 Å². The zero-order chi connectivity index (χ0) is 21.3. The molecule has 0 saturated heterocycles. The monoisotopic (exact) mass is 405 g/mol. The molecular formula is C24H24ClN3O. The van der Waals surface area contributed by atoms with Gasteiger partial charge in [0.15, 0.2) is 0 Å². The van der Waals surface area contributed by atoms with Crippen molar-refractivity contribution in [3.63, 3.8) is 0 Å². The van der Waals surface area contributed by atoms with E-state index in [4.69, 9.17) is 11.6 Å². The lowest BCUT2D eigenvalue weighted by Gasteiger charge is -2.41. The second kappa shape index (κ2) is 7.77. The average molecular weight is 406 g/mol. The van der Waals surface area contributed by atoms with Crippen molar-refractivity contribution >= 4 is 40.5 Å². The first kappa shape index (κ1) is 20.7. The van der Waals surface area contributed by atoms with Crippen LogP contribution >= 0.6 is 11.6 Å². The molecule has 0 fully saturated rings. The summed E-state index contributed by atoms with van der Waals surface area (Å²) < 4.78 is 0. The number of nitrogens with zero attached hydrogens (tertiary/aromatic N) is 2. The summed E-state index contributed by atoms with van der Waals surface area (Å²) in [4.78, 5) is 14.9. The summed E-state index contributed by atoms with van der Waals surface area (Å²) in [6.45, 7) is 8.43. The molecule has 0 unspecified atom stereocenters. The summed E-state index contributed by atoms with van der Waals surface area (Å²) in [7, 11) is 2.08. The molecule has 0 aliphatic carbocycles. The Morgan fingerprint density at radius 2 is 1.93 bits per heavy atom. The van der Waals surface area contributed by atoms with Gasteiger partial charge in [0.2, 0.25) is 0 Å². The second-order valence-electron chi connectivity index (χ2n) is 7.87. The Hall–Kier alpha value is -3.03. The molecule has 3 rings (SSSR count). The molecule has 5 heteroatoms. The Bertz CT molecular complexity index is 1090. The molecule has 29 heavy (non-hydrogen) atoms. The maximum absolute atomic E-state index is 12.6. The van der Waals surface area contributed by atoms with Crippen LogP contribution in [0.25, 0.3) is 11.6 Å². The number of rotatable bonds is 3. The largest absolute Gasteiger partial charge is 0.365 e. The number of allylic oxidation sites excluding steroid dienone is 1. The van der Waals surface area contributed by atoms with Crippen LogP contribution in [0.3, 0.4) is 0 Å². The lowest BCUT2D eigenvalue weighted by molar-refractivity contribution is -0.112. The zero-order valence-electron chi connectivity index (χ0n) is 17.3. The fraction of sp³-hybridized carbons (Fsp3) is 0.250. The lowest BCUT2D eigenvalue weighted by atomic mass is 9.87. The molecule has 1 N–H and O–H groups in total. The summed E-state index contributed by atoms with van der Waals surface area (Å²) in [5.74, 6) is -0.483. The van der Waals surface area contributed by atoms with Gasteiger partial charge in [0, 0.05) is 18.3 Å². The number of likely N-dealkylation sites (N-methyl/N-ethyl adjacent to an activating group) is 1. The molecule has 0 radical (unpaired) electrons. The number of para-hydroxylation sites is 1. The van der Waals surface area contributed by atoms with Crippen LogP contribution in [-0.4, -0.2) is 18.5 Å². The fourth-order valence-electron chi connectivity index (χ4n) is 3.53. The summed E-state index contributed by atoms with van der Waals surface area (Å²) >= 11 is 6.11. The predicted molar refractivity (Wildman–Crippen MR) is 121 cm³/mol. The van der Waals surface area contributed by atoms with Gasteiger partial charge in [-0.2, -0.15) is 5.26 Å². The highest BCUT2D eigenvalue weighted by molar-refractivity contribution is 6.34. The van der Waals surface area contributed by atoms with Gasteiger partial charge in [-0.1, -0.05) is 29.8 Å². The highest BCUT2D eigenvalue weighted by Crippen LogP contribution is 2.39. The van der Waals surface area contributed by atoms with Crippen molar-refractivity contribution in [1.29, 1.82) is 5.26 Å². The highest BCUT2D eigenvalue weighted by atomic mass is 35.5. The minimum absolute atomic E-state index is 0.0269. The van der Waals surface area contributed by atoms with Gasteiger partial charge in [0.25, 0.3) is 5.91 Å². The average Bonchev–Trinajstić information content (AvgIpc) is 2.66. The fourth-order valence-corrected chi connectivity index (χ4v) is 3.71. The number of halogens is 1. The molecular weight excluding hydrogens is 382 g/mol. The summed E-state index contributed by atoms with van der Waals surface area (Å²) in [5.41, 5.74) is 5.69. The molecule has 1 heterocycles. The van der Waals surface area contributed by atoms with Crippen LogP contribution in [-0.2, 0) is 4.79 Å². The molecule has 0 saturated carbocycles. The number of amides is 1. The quantitative estimate of drug-likeness (QED) is 0.516. The molecule has 1 aliphatic rings. The third-order valence-electron chi connectivity index (χ3n) is 5.39. The van der Waals surface area contributed by atoms with E-state index >= 15 is 0 Å². The minimum atomic E-state index is -0.483. The molecule has 1 aliphatic heterocycles. The van der Waals surface area contributed by atoms with E-state index in [0.717, 1.165) is 22.4 Å². The van der Waals surface area contributed by atoms with Crippen molar-refractivity contribution in [1.82, 2.24) is 0 Å². The standard InChI is InChI=1S/C24H24ClN3O/c1-15-10-22-19(16(2)13-24(3,4)28(22)5)12-17(15)11-18(14-26)23(29)27-21-9-7-6-8-20(21)25/h6-13H,1-5H3,(H,27,29)/b18-11-. The number of aryl methyl sites for hydroxylation is 1. The summed E-state index contributed by atoms with van der Waals surface area (Å²) in [6.07, 6.45) is 3.86. The van der Waals surface area contributed by atoms with Crippen LogP contribution in [0.5, 0.6) is 0 Å².